The Labute approximate surface area is 137 Å². The van der Waals surface area contributed by atoms with E-state index in [2.05, 4.69) is 41.4 Å². The normalized spacial score (nSPS) is 23.9. The first-order valence-corrected chi connectivity index (χ1v) is 8.56. The van der Waals surface area contributed by atoms with E-state index >= 15 is 0 Å². The van der Waals surface area contributed by atoms with Gasteiger partial charge in [0.25, 0.3) is 0 Å². The molecule has 2 aliphatic heterocycles. The number of amides is 1. The number of nitrogens with zero attached hydrogens (tertiary/aromatic N) is 1. The fourth-order valence-electron chi connectivity index (χ4n) is 2.95. The molecule has 21 heavy (non-hydrogen) atoms. The zero-order valence-corrected chi connectivity index (χ0v) is 14.0. The van der Waals surface area contributed by atoms with Crippen molar-refractivity contribution in [2.45, 2.75) is 13.0 Å². The molecule has 5 heteroatoms. The monoisotopic (exact) mass is 326 g/mol. The lowest BCUT2D eigenvalue weighted by molar-refractivity contribution is -0.139. The third kappa shape index (κ3) is 3.55. The van der Waals surface area contributed by atoms with Crippen LogP contribution in [0, 0.1) is 11.8 Å². The van der Waals surface area contributed by atoms with Gasteiger partial charge in [-0.25, -0.2) is 0 Å². The van der Waals surface area contributed by atoms with Crippen LogP contribution in [0.3, 0.4) is 0 Å². The van der Waals surface area contributed by atoms with Crippen LogP contribution in [0.4, 0.5) is 0 Å². The minimum absolute atomic E-state index is 0. The molecule has 1 aromatic carbocycles. The lowest BCUT2D eigenvalue weighted by Gasteiger charge is -2.40. The second-order valence-corrected chi connectivity index (χ2v) is 6.89. The Morgan fingerprint density at radius 2 is 2.05 bits per heavy atom. The van der Waals surface area contributed by atoms with Crippen molar-refractivity contribution in [3.8, 4) is 0 Å². The van der Waals surface area contributed by atoms with Gasteiger partial charge in [0, 0.05) is 24.0 Å². The molecule has 116 valence electrons. The molecule has 1 N–H and O–H groups in total. The lowest BCUT2D eigenvalue weighted by Crippen LogP contribution is -2.52. The second-order valence-electron chi connectivity index (χ2n) is 5.74. The molecule has 2 fully saturated rings. The van der Waals surface area contributed by atoms with Crippen LogP contribution in [-0.4, -0.2) is 41.9 Å². The molecular weight excluding hydrogens is 304 g/mol. The fourth-order valence-corrected chi connectivity index (χ4v) is 4.03. The Morgan fingerprint density at radius 1 is 1.33 bits per heavy atom. The maximum Gasteiger partial charge on any atom is 0.226 e. The number of halogens is 1. The van der Waals surface area contributed by atoms with Crippen LogP contribution in [-0.2, 0) is 4.79 Å². The molecule has 2 heterocycles. The summed E-state index contributed by atoms with van der Waals surface area (Å²) in [5.41, 5.74) is 1.27. The van der Waals surface area contributed by atoms with Crippen LogP contribution >= 0.6 is 24.2 Å². The third-order valence-corrected chi connectivity index (χ3v) is 5.53. The van der Waals surface area contributed by atoms with E-state index in [1.165, 1.54) is 5.56 Å². The highest BCUT2D eigenvalue weighted by Crippen LogP contribution is 2.32. The van der Waals surface area contributed by atoms with Gasteiger partial charge in [-0.3, -0.25) is 4.79 Å². The van der Waals surface area contributed by atoms with Crippen LogP contribution < -0.4 is 5.32 Å². The highest BCUT2D eigenvalue weighted by Gasteiger charge is 2.35. The SMILES string of the molecule is CC(C(=O)N1CCSCC1c1ccccc1)C1CNC1.Cl. The fraction of sp³-hybridized carbons (Fsp3) is 0.562. The predicted molar refractivity (Wildman–Crippen MR) is 91.0 cm³/mol. The van der Waals surface area contributed by atoms with E-state index in [4.69, 9.17) is 0 Å². The quantitative estimate of drug-likeness (QED) is 0.926. The van der Waals surface area contributed by atoms with E-state index in [0.717, 1.165) is 31.1 Å². The maximum absolute atomic E-state index is 12.8. The van der Waals surface area contributed by atoms with Crippen molar-refractivity contribution in [3.05, 3.63) is 35.9 Å². The number of hydrogen-bond acceptors (Lipinski definition) is 3. The van der Waals surface area contributed by atoms with E-state index in [9.17, 15) is 4.79 Å². The first-order chi connectivity index (χ1) is 9.77. The Bertz CT molecular complexity index is 467. The Kier molecular flexibility index (Phi) is 5.97. The Morgan fingerprint density at radius 3 is 2.67 bits per heavy atom. The molecular formula is C16H23ClN2OS. The summed E-state index contributed by atoms with van der Waals surface area (Å²) in [6.45, 7) is 4.96. The first-order valence-electron chi connectivity index (χ1n) is 7.41. The molecule has 2 unspecified atom stereocenters. The van der Waals surface area contributed by atoms with Gasteiger partial charge < -0.3 is 10.2 Å². The smallest absolute Gasteiger partial charge is 0.226 e. The number of carbonyl (C=O) groups excluding carboxylic acids is 1. The zero-order valence-electron chi connectivity index (χ0n) is 12.3. The molecule has 0 spiro atoms. The van der Waals surface area contributed by atoms with Crippen LogP contribution in [0.15, 0.2) is 30.3 Å². The number of nitrogens with one attached hydrogen (secondary N) is 1. The zero-order chi connectivity index (χ0) is 13.9. The van der Waals surface area contributed by atoms with E-state index < -0.39 is 0 Å². The van der Waals surface area contributed by atoms with Gasteiger partial charge in [-0.15, -0.1) is 12.4 Å². The first kappa shape index (κ1) is 16.7. The topological polar surface area (TPSA) is 32.3 Å². The molecule has 0 aliphatic carbocycles. The van der Waals surface area contributed by atoms with E-state index in [1.54, 1.807) is 0 Å². The van der Waals surface area contributed by atoms with Gasteiger partial charge in [0.15, 0.2) is 0 Å². The summed E-state index contributed by atoms with van der Waals surface area (Å²) in [6, 6.07) is 10.7. The van der Waals surface area contributed by atoms with E-state index in [0.29, 0.717) is 11.8 Å². The number of carbonyl (C=O) groups is 1. The third-order valence-electron chi connectivity index (χ3n) is 4.51. The number of hydrogen-bond donors (Lipinski definition) is 1. The summed E-state index contributed by atoms with van der Waals surface area (Å²) in [7, 11) is 0. The van der Waals surface area contributed by atoms with Crippen LogP contribution in [0.2, 0.25) is 0 Å². The standard InChI is InChI=1S/C16H22N2OS.ClH/c1-12(14-9-17-10-14)16(19)18-7-8-20-11-15(18)13-5-3-2-4-6-13;/h2-6,12,14-15,17H,7-11H2,1H3;1H. The molecule has 3 rings (SSSR count). The summed E-state index contributed by atoms with van der Waals surface area (Å²) < 4.78 is 0. The van der Waals surface area contributed by atoms with Gasteiger partial charge in [0.05, 0.1) is 6.04 Å². The summed E-state index contributed by atoms with van der Waals surface area (Å²) >= 11 is 1.95. The highest BCUT2D eigenvalue weighted by molar-refractivity contribution is 7.99. The molecule has 0 radical (unpaired) electrons. The molecule has 2 aliphatic rings. The number of rotatable bonds is 3. The van der Waals surface area contributed by atoms with Crippen molar-refractivity contribution in [2.24, 2.45) is 11.8 Å². The molecule has 1 amide bonds. The average Bonchev–Trinajstić information content (AvgIpc) is 2.45. The van der Waals surface area contributed by atoms with Gasteiger partial charge in [-0.1, -0.05) is 37.3 Å². The van der Waals surface area contributed by atoms with Crippen LogP contribution in [0.25, 0.3) is 0 Å². The van der Waals surface area contributed by atoms with Crippen molar-refractivity contribution in [1.29, 1.82) is 0 Å². The summed E-state index contributed by atoms with van der Waals surface area (Å²) in [5, 5.41) is 3.27. The minimum Gasteiger partial charge on any atom is -0.334 e. The lowest BCUT2D eigenvalue weighted by atomic mass is 9.87. The molecule has 2 atom stereocenters. The molecule has 2 saturated heterocycles. The molecule has 1 aromatic rings. The van der Waals surface area contributed by atoms with E-state index in [-0.39, 0.29) is 24.4 Å². The van der Waals surface area contributed by atoms with Gasteiger partial charge in [-0.05, 0) is 24.6 Å². The van der Waals surface area contributed by atoms with Gasteiger partial charge in [0.1, 0.15) is 0 Å². The van der Waals surface area contributed by atoms with Gasteiger partial charge in [0.2, 0.25) is 5.91 Å². The summed E-state index contributed by atoms with van der Waals surface area (Å²) in [5.74, 6) is 3.08. The Hall–Kier alpha value is -0.710. The van der Waals surface area contributed by atoms with Crippen molar-refractivity contribution in [1.82, 2.24) is 10.2 Å². The van der Waals surface area contributed by atoms with Crippen molar-refractivity contribution >= 4 is 30.1 Å². The highest BCUT2D eigenvalue weighted by atomic mass is 35.5. The Balaban J connectivity index is 0.00000161. The summed E-state index contributed by atoms with van der Waals surface area (Å²) in [4.78, 5) is 14.9. The largest absolute Gasteiger partial charge is 0.334 e. The van der Waals surface area contributed by atoms with Gasteiger partial charge >= 0.3 is 0 Å². The predicted octanol–water partition coefficient (Wildman–Crippen LogP) is 2.58. The number of benzene rings is 1. The summed E-state index contributed by atoms with van der Waals surface area (Å²) in [6.07, 6.45) is 0. The van der Waals surface area contributed by atoms with Crippen molar-refractivity contribution in [2.75, 3.05) is 31.1 Å². The number of thioether (sulfide) groups is 1. The van der Waals surface area contributed by atoms with E-state index in [1.807, 2.05) is 17.8 Å². The minimum atomic E-state index is 0. The van der Waals surface area contributed by atoms with Crippen LogP contribution in [0.5, 0.6) is 0 Å². The molecule has 0 aromatic heterocycles. The second kappa shape index (κ2) is 7.52. The maximum atomic E-state index is 12.8. The molecule has 3 nitrogen and oxygen atoms in total. The molecule has 0 bridgehead atoms. The average molecular weight is 327 g/mol. The van der Waals surface area contributed by atoms with Crippen LogP contribution in [0.1, 0.15) is 18.5 Å². The van der Waals surface area contributed by atoms with Gasteiger partial charge in [-0.2, -0.15) is 11.8 Å². The molecule has 0 saturated carbocycles. The van der Waals surface area contributed by atoms with Crippen molar-refractivity contribution in [3.63, 3.8) is 0 Å². The van der Waals surface area contributed by atoms with Crippen molar-refractivity contribution < 1.29 is 4.79 Å².